The second-order valence-corrected chi connectivity index (χ2v) is 13.7. The Morgan fingerprint density at radius 3 is 2.54 bits per heavy atom. The van der Waals surface area contributed by atoms with Crippen LogP contribution >= 0.6 is 0 Å². The first-order valence-corrected chi connectivity index (χ1v) is 15.0. The minimum Gasteiger partial charge on any atom is -0.336 e. The van der Waals surface area contributed by atoms with E-state index < -0.39 is 9.84 Å². The van der Waals surface area contributed by atoms with Gasteiger partial charge in [0, 0.05) is 30.2 Å². The fourth-order valence-corrected chi connectivity index (χ4v) is 9.36. The second kappa shape index (κ2) is 8.46. The van der Waals surface area contributed by atoms with Gasteiger partial charge in [-0.3, -0.25) is 9.59 Å². The summed E-state index contributed by atoms with van der Waals surface area (Å²) in [6.45, 7) is 7.47. The summed E-state index contributed by atoms with van der Waals surface area (Å²) in [5, 5.41) is 2.99. The van der Waals surface area contributed by atoms with Gasteiger partial charge in [-0.1, -0.05) is 32.1 Å². The van der Waals surface area contributed by atoms with Crippen molar-refractivity contribution in [2.45, 2.75) is 70.2 Å². The molecule has 3 saturated carbocycles. The summed E-state index contributed by atoms with van der Waals surface area (Å²) in [4.78, 5) is 28.3. The zero-order chi connectivity index (χ0) is 25.2. The van der Waals surface area contributed by atoms with E-state index in [0.717, 1.165) is 45.1 Å². The Hall–Kier alpha value is -2.15. The van der Waals surface area contributed by atoms with Gasteiger partial charge in [0.05, 0.1) is 10.6 Å². The molecule has 190 valence electrons. The van der Waals surface area contributed by atoms with Gasteiger partial charge < -0.3 is 10.2 Å². The third kappa shape index (κ3) is 3.76. The number of carbonyl (C=O) groups excluding carboxylic acids is 2. The number of amides is 2. The Balaban J connectivity index is 1.39. The molecule has 1 aromatic carbocycles. The van der Waals surface area contributed by atoms with E-state index in [2.05, 4.69) is 37.1 Å². The van der Waals surface area contributed by atoms with E-state index in [4.69, 9.17) is 0 Å². The van der Waals surface area contributed by atoms with Crippen molar-refractivity contribution in [2.24, 2.45) is 34.5 Å². The van der Waals surface area contributed by atoms with E-state index in [-0.39, 0.29) is 39.5 Å². The Labute approximate surface area is 209 Å². The van der Waals surface area contributed by atoms with E-state index in [1.54, 1.807) is 30.3 Å². The lowest BCUT2D eigenvalue weighted by Crippen LogP contribution is -2.60. The maximum Gasteiger partial charge on any atom is 0.246 e. The highest BCUT2D eigenvalue weighted by Crippen LogP contribution is 2.65. The van der Waals surface area contributed by atoms with Gasteiger partial charge in [-0.15, -0.1) is 0 Å². The third-order valence-corrected chi connectivity index (χ3v) is 11.3. The molecular weight excluding hydrogens is 460 g/mol. The molecule has 0 saturated heterocycles. The van der Waals surface area contributed by atoms with Crippen LogP contribution in [0.2, 0.25) is 0 Å². The lowest BCUT2D eigenvalue weighted by Gasteiger charge is -2.60. The van der Waals surface area contributed by atoms with Crippen molar-refractivity contribution in [1.82, 2.24) is 4.90 Å². The molecule has 3 aliphatic carbocycles. The number of fused-ring (bicyclic) bond motifs is 5. The highest BCUT2D eigenvalue weighted by atomic mass is 32.2. The van der Waals surface area contributed by atoms with Crippen molar-refractivity contribution < 1.29 is 18.0 Å². The summed E-state index contributed by atoms with van der Waals surface area (Å²) < 4.78 is 24.5. The second-order valence-electron chi connectivity index (χ2n) is 11.7. The van der Waals surface area contributed by atoms with E-state index in [0.29, 0.717) is 23.4 Å². The molecule has 4 aliphatic rings. The van der Waals surface area contributed by atoms with Crippen LogP contribution in [0.5, 0.6) is 0 Å². The maximum absolute atomic E-state index is 13.6. The molecule has 5 rings (SSSR count). The standard InChI is InChI=1S/C28H38N2O4S/c1-5-30-24-13-10-18-19-11-12-21(26(32)29-22-8-6-7-9-23(22)35(4,33)34)27(19,2)16-14-20(18)28(24,3)17-15-25(30)31/h6-9,15,17-21,24H,5,10-14,16H2,1-4H3,(H,29,32)/t18-,19-,20-,21+,24+,27-,28+/m0/s1. The quantitative estimate of drug-likeness (QED) is 0.654. The number of hydrogen-bond donors (Lipinski definition) is 1. The first kappa shape index (κ1) is 24.5. The van der Waals surface area contributed by atoms with Gasteiger partial charge in [0.15, 0.2) is 9.84 Å². The average Bonchev–Trinajstić information content (AvgIpc) is 3.16. The predicted molar refractivity (Wildman–Crippen MR) is 136 cm³/mol. The number of nitrogens with zero attached hydrogens (tertiary/aromatic N) is 1. The number of likely N-dealkylation sites (N-methyl/N-ethyl adjacent to an activating group) is 1. The molecule has 0 bridgehead atoms. The monoisotopic (exact) mass is 498 g/mol. The Morgan fingerprint density at radius 2 is 1.83 bits per heavy atom. The molecule has 6 nitrogen and oxygen atoms in total. The largest absolute Gasteiger partial charge is 0.336 e. The minimum atomic E-state index is -3.44. The van der Waals surface area contributed by atoms with E-state index >= 15 is 0 Å². The average molecular weight is 499 g/mol. The van der Waals surface area contributed by atoms with Gasteiger partial charge in [0.2, 0.25) is 11.8 Å². The van der Waals surface area contributed by atoms with Crippen LogP contribution in [0.25, 0.3) is 0 Å². The van der Waals surface area contributed by atoms with E-state index in [9.17, 15) is 18.0 Å². The maximum atomic E-state index is 13.6. The summed E-state index contributed by atoms with van der Waals surface area (Å²) in [6.07, 6.45) is 11.2. The van der Waals surface area contributed by atoms with E-state index in [1.807, 2.05) is 0 Å². The van der Waals surface area contributed by atoms with Crippen molar-refractivity contribution in [3.63, 3.8) is 0 Å². The van der Waals surface area contributed by atoms with Gasteiger partial charge >= 0.3 is 0 Å². The molecule has 3 fully saturated rings. The van der Waals surface area contributed by atoms with Crippen LogP contribution in [-0.4, -0.2) is 44.0 Å². The van der Waals surface area contributed by atoms with Crippen LogP contribution < -0.4 is 5.32 Å². The molecule has 1 heterocycles. The van der Waals surface area contributed by atoms with Gasteiger partial charge in [0.1, 0.15) is 0 Å². The van der Waals surface area contributed by atoms with Crippen molar-refractivity contribution in [3.8, 4) is 0 Å². The molecule has 1 aromatic rings. The normalized spacial score (nSPS) is 38.5. The Morgan fingerprint density at radius 1 is 1.09 bits per heavy atom. The first-order valence-electron chi connectivity index (χ1n) is 13.1. The zero-order valence-corrected chi connectivity index (χ0v) is 22.1. The van der Waals surface area contributed by atoms with Gasteiger partial charge in [0.25, 0.3) is 0 Å². The van der Waals surface area contributed by atoms with Crippen LogP contribution in [0.1, 0.15) is 59.3 Å². The smallest absolute Gasteiger partial charge is 0.246 e. The number of nitrogens with one attached hydrogen (secondary N) is 1. The third-order valence-electron chi connectivity index (χ3n) is 10.2. The molecule has 0 aromatic heterocycles. The molecule has 35 heavy (non-hydrogen) atoms. The number of hydrogen-bond acceptors (Lipinski definition) is 4. The molecule has 0 unspecified atom stereocenters. The molecule has 1 N–H and O–H groups in total. The number of rotatable bonds is 4. The van der Waals surface area contributed by atoms with Crippen molar-refractivity contribution in [2.75, 3.05) is 18.1 Å². The first-order chi connectivity index (χ1) is 16.5. The van der Waals surface area contributed by atoms with Crippen LogP contribution in [0.15, 0.2) is 41.3 Å². The Bertz CT molecular complexity index is 1180. The summed E-state index contributed by atoms with van der Waals surface area (Å²) in [5.74, 6) is 1.51. The van der Waals surface area contributed by atoms with Crippen LogP contribution in [0.3, 0.4) is 0 Å². The molecule has 0 radical (unpaired) electrons. The van der Waals surface area contributed by atoms with Crippen molar-refractivity contribution >= 4 is 27.3 Å². The number of carbonyl (C=O) groups is 2. The molecule has 1 aliphatic heterocycles. The number of sulfone groups is 1. The molecule has 7 heteroatoms. The minimum absolute atomic E-state index is 0.0110. The highest BCUT2D eigenvalue weighted by Gasteiger charge is 2.61. The summed E-state index contributed by atoms with van der Waals surface area (Å²) >= 11 is 0. The van der Waals surface area contributed by atoms with Crippen LogP contribution in [-0.2, 0) is 19.4 Å². The fraction of sp³-hybridized carbons (Fsp3) is 0.643. The lowest BCUT2D eigenvalue weighted by atomic mass is 9.47. The number of anilines is 1. The fourth-order valence-electron chi connectivity index (χ4n) is 8.52. The predicted octanol–water partition coefficient (Wildman–Crippen LogP) is 4.67. The van der Waals surface area contributed by atoms with Crippen molar-refractivity contribution in [1.29, 1.82) is 0 Å². The Kier molecular flexibility index (Phi) is 5.93. The molecule has 7 atom stereocenters. The van der Waals surface area contributed by atoms with Crippen molar-refractivity contribution in [3.05, 3.63) is 36.4 Å². The van der Waals surface area contributed by atoms with E-state index in [1.165, 1.54) is 6.26 Å². The van der Waals surface area contributed by atoms with Gasteiger partial charge in [-0.25, -0.2) is 8.42 Å². The zero-order valence-electron chi connectivity index (χ0n) is 21.3. The summed E-state index contributed by atoms with van der Waals surface area (Å²) in [6, 6.07) is 6.94. The van der Waals surface area contributed by atoms with Gasteiger partial charge in [-0.05, 0) is 86.8 Å². The number of para-hydroxylation sites is 1. The highest BCUT2D eigenvalue weighted by molar-refractivity contribution is 7.90. The molecular formula is C28H38N2O4S. The molecule has 0 spiro atoms. The summed E-state index contributed by atoms with van der Waals surface area (Å²) in [7, 11) is -3.44. The van der Waals surface area contributed by atoms with Gasteiger partial charge in [-0.2, -0.15) is 0 Å². The SMILES string of the molecule is CCN1C(=O)C=C[C@]2(C)[C@H]3CC[C@]4(C)[C@@H](C(=O)Nc5ccccc5S(C)(=O)=O)CC[C@H]4[C@@H]3CC[C@@H]12. The van der Waals surface area contributed by atoms with Crippen LogP contribution in [0, 0.1) is 34.5 Å². The number of benzene rings is 1. The summed E-state index contributed by atoms with van der Waals surface area (Å²) in [5.41, 5.74) is 0.279. The lowest BCUT2D eigenvalue weighted by molar-refractivity contribution is -0.143. The van der Waals surface area contributed by atoms with Crippen LogP contribution in [0.4, 0.5) is 5.69 Å². The topological polar surface area (TPSA) is 83.6 Å². The molecule has 2 amide bonds.